The second kappa shape index (κ2) is 9.85. The summed E-state index contributed by atoms with van der Waals surface area (Å²) in [6, 6.07) is 15.8. The van der Waals surface area contributed by atoms with Gasteiger partial charge in [0.15, 0.2) is 0 Å². The summed E-state index contributed by atoms with van der Waals surface area (Å²) in [5.41, 5.74) is 1.10. The molecule has 0 spiro atoms. The molecule has 1 saturated heterocycles. The third kappa shape index (κ3) is 5.89. The van der Waals surface area contributed by atoms with Crippen molar-refractivity contribution in [2.45, 2.75) is 31.7 Å². The first kappa shape index (κ1) is 20.5. The molecule has 0 radical (unpaired) electrons. The first-order chi connectivity index (χ1) is 14.7. The highest BCUT2D eigenvalue weighted by molar-refractivity contribution is 5.77. The third-order valence-corrected chi connectivity index (χ3v) is 5.53. The zero-order valence-corrected chi connectivity index (χ0v) is 17.5. The highest BCUT2D eigenvalue weighted by atomic mass is 16.5. The van der Waals surface area contributed by atoms with E-state index in [0.717, 1.165) is 48.9 Å². The smallest absolute Gasteiger partial charge is 0.246 e. The molecule has 1 aliphatic heterocycles. The molecule has 0 aromatic heterocycles. The molecule has 1 heterocycles. The summed E-state index contributed by atoms with van der Waals surface area (Å²) < 4.78 is 16.8. The molecule has 4 rings (SSSR count). The number of nitrogens with zero attached hydrogens (tertiary/aromatic N) is 1. The Morgan fingerprint density at radius 3 is 2.63 bits per heavy atom. The lowest BCUT2D eigenvalue weighted by molar-refractivity contribution is -0.126. The summed E-state index contributed by atoms with van der Waals surface area (Å²) >= 11 is 0. The number of piperidine rings is 1. The Balaban J connectivity index is 1.32. The van der Waals surface area contributed by atoms with Crippen LogP contribution in [0.2, 0.25) is 0 Å². The molecule has 2 aliphatic rings. The van der Waals surface area contributed by atoms with Crippen molar-refractivity contribution in [1.82, 2.24) is 5.32 Å². The van der Waals surface area contributed by atoms with Crippen LogP contribution >= 0.6 is 0 Å². The van der Waals surface area contributed by atoms with Gasteiger partial charge < -0.3 is 24.4 Å². The number of hydrogen-bond donors (Lipinski definition) is 1. The molecule has 160 valence electrons. The molecule has 1 aliphatic carbocycles. The van der Waals surface area contributed by atoms with E-state index in [4.69, 9.17) is 14.2 Å². The van der Waals surface area contributed by atoms with Gasteiger partial charge in [0.25, 0.3) is 0 Å². The predicted octanol–water partition coefficient (Wildman–Crippen LogP) is 4.00. The Labute approximate surface area is 178 Å². The van der Waals surface area contributed by atoms with Crippen LogP contribution in [0.3, 0.4) is 0 Å². The fourth-order valence-corrected chi connectivity index (χ4v) is 3.75. The summed E-state index contributed by atoms with van der Waals surface area (Å²) in [7, 11) is 1.64. The Kier molecular flexibility index (Phi) is 6.74. The van der Waals surface area contributed by atoms with Crippen LogP contribution in [0.1, 0.15) is 25.7 Å². The van der Waals surface area contributed by atoms with Gasteiger partial charge in [0.05, 0.1) is 13.7 Å². The molecule has 1 saturated carbocycles. The number of carbonyl (C=O) groups is 1. The largest absolute Gasteiger partial charge is 0.497 e. The van der Waals surface area contributed by atoms with Crippen molar-refractivity contribution in [3.05, 3.63) is 48.5 Å². The monoisotopic (exact) mass is 410 g/mol. The lowest BCUT2D eigenvalue weighted by Gasteiger charge is -2.35. The summed E-state index contributed by atoms with van der Waals surface area (Å²) in [5, 5.41) is 3.13. The van der Waals surface area contributed by atoms with Gasteiger partial charge in [-0.2, -0.15) is 0 Å². The normalized spacial score (nSPS) is 18.7. The van der Waals surface area contributed by atoms with Crippen LogP contribution in [0.15, 0.2) is 48.5 Å². The number of nitrogens with one attached hydrogen (secondary N) is 1. The van der Waals surface area contributed by atoms with Gasteiger partial charge in [0.1, 0.15) is 23.9 Å². The number of hydrogen-bond acceptors (Lipinski definition) is 5. The minimum atomic E-state index is -0.0161. The van der Waals surface area contributed by atoms with Crippen molar-refractivity contribution in [2.24, 2.45) is 5.92 Å². The van der Waals surface area contributed by atoms with Crippen LogP contribution < -0.4 is 19.7 Å². The van der Waals surface area contributed by atoms with E-state index in [1.165, 1.54) is 12.8 Å². The quantitative estimate of drug-likeness (QED) is 0.677. The molecular weight excluding hydrogens is 380 g/mol. The zero-order chi connectivity index (χ0) is 20.8. The summed E-state index contributed by atoms with van der Waals surface area (Å²) in [6.45, 7) is 2.63. The lowest BCUT2D eigenvalue weighted by atomic mass is 10.0. The van der Waals surface area contributed by atoms with E-state index in [1.54, 1.807) is 7.11 Å². The molecule has 1 N–H and O–H groups in total. The topological polar surface area (TPSA) is 60.0 Å². The van der Waals surface area contributed by atoms with Crippen LogP contribution in [-0.2, 0) is 9.53 Å². The molecule has 1 atom stereocenters. The van der Waals surface area contributed by atoms with Crippen LogP contribution in [0.5, 0.6) is 17.2 Å². The Morgan fingerprint density at radius 1 is 1.07 bits per heavy atom. The Morgan fingerprint density at radius 2 is 1.83 bits per heavy atom. The van der Waals surface area contributed by atoms with Gasteiger partial charge in [-0.25, -0.2) is 0 Å². The fraction of sp³-hybridized carbons (Fsp3) is 0.458. The highest BCUT2D eigenvalue weighted by Gasteiger charge is 2.24. The fourth-order valence-electron chi connectivity index (χ4n) is 3.75. The molecular formula is C24H30N2O4. The molecule has 6 heteroatoms. The average Bonchev–Trinajstić information content (AvgIpc) is 3.59. The molecule has 2 aromatic carbocycles. The minimum Gasteiger partial charge on any atom is -0.497 e. The Bertz CT molecular complexity index is 853. The number of carbonyl (C=O) groups excluding carboxylic acids is 1. The van der Waals surface area contributed by atoms with Crippen molar-refractivity contribution in [2.75, 3.05) is 38.3 Å². The number of rotatable bonds is 9. The van der Waals surface area contributed by atoms with E-state index in [0.29, 0.717) is 12.5 Å². The highest BCUT2D eigenvalue weighted by Crippen LogP contribution is 2.30. The second-order valence-corrected chi connectivity index (χ2v) is 8.09. The van der Waals surface area contributed by atoms with E-state index >= 15 is 0 Å². The lowest BCUT2D eigenvalue weighted by Crippen LogP contribution is -2.48. The molecule has 2 aromatic rings. The maximum absolute atomic E-state index is 12.2. The Hall–Kier alpha value is -2.73. The van der Waals surface area contributed by atoms with Crippen molar-refractivity contribution < 1.29 is 19.0 Å². The second-order valence-electron chi connectivity index (χ2n) is 8.09. The molecule has 0 unspecified atom stereocenters. The van der Waals surface area contributed by atoms with Crippen molar-refractivity contribution in [1.29, 1.82) is 0 Å². The van der Waals surface area contributed by atoms with Gasteiger partial charge in [-0.3, -0.25) is 4.79 Å². The molecule has 2 fully saturated rings. The van der Waals surface area contributed by atoms with Gasteiger partial charge in [-0.05, 0) is 55.9 Å². The molecule has 6 nitrogen and oxygen atoms in total. The van der Waals surface area contributed by atoms with Crippen molar-refractivity contribution in [3.63, 3.8) is 0 Å². The van der Waals surface area contributed by atoms with Crippen molar-refractivity contribution in [3.8, 4) is 17.2 Å². The van der Waals surface area contributed by atoms with Crippen LogP contribution in [0.4, 0.5) is 5.69 Å². The molecule has 1 amide bonds. The number of amides is 1. The number of ether oxygens (including phenoxy) is 3. The van der Waals surface area contributed by atoms with Crippen LogP contribution in [0, 0.1) is 5.92 Å². The third-order valence-electron chi connectivity index (χ3n) is 5.53. The van der Waals surface area contributed by atoms with Gasteiger partial charge in [-0.15, -0.1) is 0 Å². The van der Waals surface area contributed by atoms with Crippen LogP contribution in [0.25, 0.3) is 0 Å². The van der Waals surface area contributed by atoms with Gasteiger partial charge >= 0.3 is 0 Å². The number of benzene rings is 2. The maximum atomic E-state index is 12.2. The predicted molar refractivity (Wildman–Crippen MR) is 116 cm³/mol. The van der Waals surface area contributed by atoms with Gasteiger partial charge in [-0.1, -0.05) is 12.1 Å². The SMILES string of the molecule is COc1cccc(Oc2cccc(N3CCC[C@H](NC(=O)COCC4CC4)C3)c2)c1. The molecule has 30 heavy (non-hydrogen) atoms. The van der Waals surface area contributed by atoms with E-state index in [2.05, 4.69) is 16.3 Å². The standard InChI is InChI=1S/C24H30N2O4/c1-28-21-7-3-9-23(14-21)30-22-8-2-6-20(13-22)26-12-4-5-19(15-26)25-24(27)17-29-16-18-10-11-18/h2-3,6-9,13-14,18-19H,4-5,10-12,15-17H2,1H3,(H,25,27)/t19-/m0/s1. The van der Waals surface area contributed by atoms with E-state index < -0.39 is 0 Å². The maximum Gasteiger partial charge on any atom is 0.246 e. The number of anilines is 1. The van der Waals surface area contributed by atoms with E-state index in [1.807, 2.05) is 42.5 Å². The first-order valence-electron chi connectivity index (χ1n) is 10.7. The number of methoxy groups -OCH3 is 1. The van der Waals surface area contributed by atoms with E-state index in [9.17, 15) is 4.79 Å². The van der Waals surface area contributed by atoms with Crippen molar-refractivity contribution >= 4 is 11.6 Å². The first-order valence-corrected chi connectivity index (χ1v) is 10.7. The van der Waals surface area contributed by atoms with Gasteiger partial charge in [0, 0.05) is 37.0 Å². The zero-order valence-electron chi connectivity index (χ0n) is 17.5. The minimum absolute atomic E-state index is 0.0161. The van der Waals surface area contributed by atoms with E-state index in [-0.39, 0.29) is 18.6 Å². The summed E-state index contributed by atoms with van der Waals surface area (Å²) in [5.74, 6) is 2.94. The van der Waals surface area contributed by atoms with Gasteiger partial charge in [0.2, 0.25) is 5.91 Å². The summed E-state index contributed by atoms with van der Waals surface area (Å²) in [4.78, 5) is 14.5. The summed E-state index contributed by atoms with van der Waals surface area (Å²) in [6.07, 6.45) is 4.50. The molecule has 0 bridgehead atoms. The average molecular weight is 411 g/mol. The van der Waals surface area contributed by atoms with Crippen LogP contribution in [-0.4, -0.2) is 45.4 Å².